The highest BCUT2D eigenvalue weighted by atomic mass is 32.2. The number of hydrogen-bond acceptors (Lipinski definition) is 8. The van der Waals surface area contributed by atoms with Crippen LogP contribution in [0.1, 0.15) is 27.2 Å². The maximum atomic E-state index is 11.7. The summed E-state index contributed by atoms with van der Waals surface area (Å²) in [6.45, 7) is 4.44. The van der Waals surface area contributed by atoms with E-state index < -0.39 is 29.1 Å². The van der Waals surface area contributed by atoms with Crippen LogP contribution in [0.3, 0.4) is 0 Å². The molecule has 0 spiro atoms. The van der Waals surface area contributed by atoms with Crippen molar-refractivity contribution >= 4 is 28.8 Å². The van der Waals surface area contributed by atoms with Gasteiger partial charge in [0.15, 0.2) is 5.12 Å². The molecule has 0 bridgehead atoms. The number of hydrogen-bond donors (Lipinski definition) is 1. The Labute approximate surface area is 125 Å². The Kier molecular flexibility index (Phi) is 9.10. The molecule has 10 heteroatoms. The van der Waals surface area contributed by atoms with Crippen LogP contribution in [0, 0.1) is 10.1 Å². The van der Waals surface area contributed by atoms with E-state index in [9.17, 15) is 24.5 Å². The summed E-state index contributed by atoms with van der Waals surface area (Å²) in [5.41, 5.74) is 0. The van der Waals surface area contributed by atoms with Crippen molar-refractivity contribution in [2.45, 2.75) is 39.3 Å². The summed E-state index contributed by atoms with van der Waals surface area (Å²) in [4.78, 5) is 48.6. The molecule has 2 unspecified atom stereocenters. The van der Waals surface area contributed by atoms with Gasteiger partial charge < -0.3 is 14.9 Å². The summed E-state index contributed by atoms with van der Waals surface area (Å²) < 4.78 is 4.79. The fourth-order valence-corrected chi connectivity index (χ4v) is 1.93. The number of amides is 1. The Balaban J connectivity index is 4.49. The molecule has 1 N–H and O–H groups in total. The Morgan fingerprint density at radius 2 is 2.00 bits per heavy atom. The number of esters is 1. The zero-order chi connectivity index (χ0) is 16.4. The molecule has 0 aromatic heterocycles. The minimum atomic E-state index is -0.994. The molecule has 0 aromatic rings. The SMILES string of the molecule is CCOC(=O)C(CSC(C)=O)NC(=O)CC(C)O[N+](=O)[O-]. The van der Waals surface area contributed by atoms with Gasteiger partial charge in [-0.15, -0.1) is 10.1 Å². The third kappa shape index (κ3) is 9.66. The van der Waals surface area contributed by atoms with Gasteiger partial charge in [-0.25, -0.2) is 4.79 Å². The highest BCUT2D eigenvalue weighted by Crippen LogP contribution is 2.07. The van der Waals surface area contributed by atoms with E-state index in [-0.39, 0.29) is 23.9 Å². The summed E-state index contributed by atoms with van der Waals surface area (Å²) in [6, 6.07) is -0.992. The number of carbonyl (C=O) groups excluding carboxylic acids is 3. The fourth-order valence-electron chi connectivity index (χ4n) is 1.31. The number of rotatable bonds is 9. The number of thioether (sulfide) groups is 1. The lowest BCUT2D eigenvalue weighted by Gasteiger charge is -2.17. The Hall–Kier alpha value is -1.84. The Morgan fingerprint density at radius 3 is 2.48 bits per heavy atom. The largest absolute Gasteiger partial charge is 0.464 e. The van der Waals surface area contributed by atoms with Gasteiger partial charge in [-0.1, -0.05) is 11.8 Å². The van der Waals surface area contributed by atoms with Crippen LogP contribution in [-0.2, 0) is 24.0 Å². The minimum absolute atomic E-state index is 0.0321. The minimum Gasteiger partial charge on any atom is -0.464 e. The third-order valence-electron chi connectivity index (χ3n) is 2.10. The normalized spacial score (nSPS) is 12.9. The fraction of sp³-hybridized carbons (Fsp3) is 0.727. The van der Waals surface area contributed by atoms with Gasteiger partial charge in [-0.2, -0.15) is 0 Å². The van der Waals surface area contributed by atoms with E-state index in [1.165, 1.54) is 13.8 Å². The highest BCUT2D eigenvalue weighted by molar-refractivity contribution is 8.13. The van der Waals surface area contributed by atoms with E-state index in [0.717, 1.165) is 11.8 Å². The highest BCUT2D eigenvalue weighted by Gasteiger charge is 2.24. The smallest absolute Gasteiger partial charge is 0.329 e. The molecule has 0 aliphatic rings. The molecule has 0 heterocycles. The summed E-state index contributed by atoms with van der Waals surface area (Å²) in [7, 11) is 0. The average Bonchev–Trinajstić information content (AvgIpc) is 2.33. The van der Waals surface area contributed by atoms with E-state index in [4.69, 9.17) is 4.74 Å². The van der Waals surface area contributed by atoms with Crippen LogP contribution in [0.5, 0.6) is 0 Å². The van der Waals surface area contributed by atoms with Crippen LogP contribution in [0.25, 0.3) is 0 Å². The summed E-state index contributed by atoms with van der Waals surface area (Å²) in [5, 5.41) is 11.3. The van der Waals surface area contributed by atoms with Crippen molar-refractivity contribution in [2.75, 3.05) is 12.4 Å². The molecular weight excluding hydrogens is 304 g/mol. The lowest BCUT2D eigenvalue weighted by molar-refractivity contribution is -0.767. The first-order valence-electron chi connectivity index (χ1n) is 6.16. The number of nitrogens with zero attached hydrogens (tertiary/aromatic N) is 1. The first kappa shape index (κ1) is 19.2. The predicted octanol–water partition coefficient (Wildman–Crippen LogP) is 0.301. The second-order valence-corrected chi connectivity index (χ2v) is 5.22. The van der Waals surface area contributed by atoms with Gasteiger partial charge >= 0.3 is 5.97 Å². The molecule has 0 aliphatic carbocycles. The zero-order valence-corrected chi connectivity index (χ0v) is 12.8. The van der Waals surface area contributed by atoms with Crippen molar-refractivity contribution in [1.29, 1.82) is 0 Å². The van der Waals surface area contributed by atoms with E-state index in [2.05, 4.69) is 10.2 Å². The Morgan fingerprint density at radius 1 is 1.38 bits per heavy atom. The lowest BCUT2D eigenvalue weighted by atomic mass is 10.2. The zero-order valence-electron chi connectivity index (χ0n) is 12.0. The van der Waals surface area contributed by atoms with Crippen molar-refractivity contribution in [3.8, 4) is 0 Å². The van der Waals surface area contributed by atoms with Gasteiger partial charge in [0.1, 0.15) is 12.1 Å². The van der Waals surface area contributed by atoms with E-state index >= 15 is 0 Å². The lowest BCUT2D eigenvalue weighted by Crippen LogP contribution is -2.44. The van der Waals surface area contributed by atoms with Gasteiger partial charge in [0.05, 0.1) is 13.0 Å². The van der Waals surface area contributed by atoms with Crippen molar-refractivity contribution < 1.29 is 29.0 Å². The molecule has 0 rings (SSSR count). The van der Waals surface area contributed by atoms with Crippen molar-refractivity contribution in [2.24, 2.45) is 0 Å². The van der Waals surface area contributed by atoms with Crippen molar-refractivity contribution in [1.82, 2.24) is 5.32 Å². The van der Waals surface area contributed by atoms with Gasteiger partial charge in [-0.3, -0.25) is 9.59 Å². The van der Waals surface area contributed by atoms with Crippen LogP contribution >= 0.6 is 11.8 Å². The van der Waals surface area contributed by atoms with E-state index in [0.29, 0.717) is 0 Å². The van der Waals surface area contributed by atoms with Crippen LogP contribution in [0.2, 0.25) is 0 Å². The molecule has 9 nitrogen and oxygen atoms in total. The monoisotopic (exact) mass is 322 g/mol. The maximum Gasteiger partial charge on any atom is 0.329 e. The van der Waals surface area contributed by atoms with E-state index in [1.54, 1.807) is 6.92 Å². The van der Waals surface area contributed by atoms with Crippen molar-refractivity contribution in [3.63, 3.8) is 0 Å². The topological polar surface area (TPSA) is 125 Å². The first-order valence-corrected chi connectivity index (χ1v) is 7.15. The molecule has 21 heavy (non-hydrogen) atoms. The molecule has 0 aromatic carbocycles. The molecular formula is C11H18N2O7S. The van der Waals surface area contributed by atoms with Crippen LogP contribution in [-0.4, -0.2) is 46.6 Å². The number of carbonyl (C=O) groups is 3. The van der Waals surface area contributed by atoms with E-state index in [1.807, 2.05) is 0 Å². The molecule has 1 amide bonds. The van der Waals surface area contributed by atoms with Gasteiger partial charge in [0.25, 0.3) is 5.09 Å². The summed E-state index contributed by atoms with van der Waals surface area (Å²) >= 11 is 0.871. The van der Waals surface area contributed by atoms with Crippen LogP contribution in [0.4, 0.5) is 0 Å². The summed E-state index contributed by atoms with van der Waals surface area (Å²) in [6.07, 6.45) is -1.23. The summed E-state index contributed by atoms with van der Waals surface area (Å²) in [5.74, 6) is -1.24. The second kappa shape index (κ2) is 9.97. The molecule has 2 atom stereocenters. The maximum absolute atomic E-state index is 11.7. The molecule has 0 saturated heterocycles. The van der Waals surface area contributed by atoms with Gasteiger partial charge in [0.2, 0.25) is 5.91 Å². The molecule has 0 aliphatic heterocycles. The average molecular weight is 322 g/mol. The number of ether oxygens (including phenoxy) is 1. The molecule has 0 fully saturated rings. The quantitative estimate of drug-likeness (QED) is 0.365. The van der Waals surface area contributed by atoms with Crippen LogP contribution < -0.4 is 5.32 Å². The van der Waals surface area contributed by atoms with Gasteiger partial charge in [0, 0.05) is 12.7 Å². The standard InChI is InChI=1S/C11H18N2O7S/c1-4-19-11(16)9(6-21-8(3)14)12-10(15)5-7(2)20-13(17)18/h7,9H,4-6H2,1-3H3,(H,12,15). The predicted molar refractivity (Wildman–Crippen MR) is 73.9 cm³/mol. The first-order chi connectivity index (χ1) is 9.76. The third-order valence-corrected chi connectivity index (χ3v) is 3.00. The second-order valence-electron chi connectivity index (χ2n) is 4.02. The molecule has 120 valence electrons. The van der Waals surface area contributed by atoms with Crippen LogP contribution in [0.15, 0.2) is 0 Å². The number of nitrogens with one attached hydrogen (secondary N) is 1. The molecule has 0 saturated carbocycles. The van der Waals surface area contributed by atoms with Crippen molar-refractivity contribution in [3.05, 3.63) is 10.1 Å². The molecule has 0 radical (unpaired) electrons. The Bertz CT molecular complexity index is 402. The van der Waals surface area contributed by atoms with Gasteiger partial charge in [-0.05, 0) is 13.8 Å².